The predicted molar refractivity (Wildman–Crippen MR) is 31.2 cm³/mol. The van der Waals surface area contributed by atoms with Gasteiger partial charge in [0.15, 0.2) is 6.29 Å². The number of rotatable bonds is 4. The Labute approximate surface area is 57.5 Å². The van der Waals surface area contributed by atoms with E-state index in [9.17, 15) is 4.79 Å². The number of carbonyl (C=O) groups is 1. The third-order valence-electron chi connectivity index (χ3n) is 1.07. The van der Waals surface area contributed by atoms with Gasteiger partial charge in [-0.3, -0.25) is 0 Å². The average Bonchev–Trinajstić information content (AvgIpc) is 2.00. The number of aldehydes is 1. The van der Waals surface area contributed by atoms with E-state index in [2.05, 4.69) is 0 Å². The van der Waals surface area contributed by atoms with Crippen molar-refractivity contribution in [2.75, 3.05) is 6.61 Å². The fourth-order valence-corrected chi connectivity index (χ4v) is 0.416. The first-order valence-corrected chi connectivity index (χ1v) is 2.73. The van der Waals surface area contributed by atoms with Crippen molar-refractivity contribution in [3.63, 3.8) is 0 Å². The molecule has 0 aromatic carbocycles. The molecule has 0 bridgehead atoms. The Morgan fingerprint density at radius 1 is 1.30 bits per heavy atom. The zero-order chi connectivity index (χ0) is 8.15. The van der Waals surface area contributed by atoms with Crippen LogP contribution in [0, 0.1) is 0 Å². The standard InChI is InChI=1S/C5H10O5/c6-1-3(8)5(10)4(9)2-7/h1,3-5,7-10H,2H2/t3-,4?,5+/m1/s1. The molecule has 0 aliphatic heterocycles. The molecule has 0 heterocycles. The molecule has 10 heavy (non-hydrogen) atoms. The summed E-state index contributed by atoms with van der Waals surface area (Å²) >= 11 is 0. The van der Waals surface area contributed by atoms with E-state index in [4.69, 9.17) is 20.4 Å². The first-order chi connectivity index (χ1) is 4.63. The maximum atomic E-state index is 9.76. The largest absolute Gasteiger partial charge is 0.394 e. The lowest BCUT2D eigenvalue weighted by molar-refractivity contribution is -0.127. The second-order valence-electron chi connectivity index (χ2n) is 1.87. The van der Waals surface area contributed by atoms with Crippen molar-refractivity contribution in [2.45, 2.75) is 18.3 Å². The van der Waals surface area contributed by atoms with Gasteiger partial charge in [0.1, 0.15) is 18.3 Å². The normalized spacial score (nSPS) is 19.6. The second-order valence-corrected chi connectivity index (χ2v) is 1.87. The third kappa shape index (κ3) is 2.40. The van der Waals surface area contributed by atoms with Gasteiger partial charge in [-0.2, -0.15) is 0 Å². The Morgan fingerprint density at radius 2 is 1.80 bits per heavy atom. The summed E-state index contributed by atoms with van der Waals surface area (Å²) in [5.74, 6) is 0. The average molecular weight is 150 g/mol. The number of aliphatic hydroxyl groups excluding tert-OH is 4. The lowest BCUT2D eigenvalue weighted by Gasteiger charge is -2.16. The van der Waals surface area contributed by atoms with Gasteiger partial charge in [-0.25, -0.2) is 0 Å². The summed E-state index contributed by atoms with van der Waals surface area (Å²) in [5.41, 5.74) is 0. The fourth-order valence-electron chi connectivity index (χ4n) is 0.416. The highest BCUT2D eigenvalue weighted by atomic mass is 16.4. The smallest absolute Gasteiger partial charge is 0.151 e. The van der Waals surface area contributed by atoms with E-state index < -0.39 is 24.9 Å². The van der Waals surface area contributed by atoms with Gasteiger partial charge in [-0.05, 0) is 0 Å². The summed E-state index contributed by atoms with van der Waals surface area (Å²) in [6.45, 7) is -0.688. The Morgan fingerprint density at radius 3 is 2.10 bits per heavy atom. The summed E-state index contributed by atoms with van der Waals surface area (Å²) in [5, 5.41) is 34.1. The number of carbonyl (C=O) groups excluding carboxylic acids is 1. The predicted octanol–water partition coefficient (Wildman–Crippen LogP) is -2.74. The highest BCUT2D eigenvalue weighted by molar-refractivity contribution is 5.56. The molecule has 0 rings (SSSR count). The molecule has 0 fully saturated rings. The van der Waals surface area contributed by atoms with E-state index >= 15 is 0 Å². The molecule has 0 saturated carbocycles. The third-order valence-corrected chi connectivity index (χ3v) is 1.07. The van der Waals surface area contributed by atoms with Gasteiger partial charge in [0.25, 0.3) is 0 Å². The van der Waals surface area contributed by atoms with Crippen LogP contribution < -0.4 is 0 Å². The van der Waals surface area contributed by atoms with Crippen molar-refractivity contribution < 1.29 is 25.2 Å². The van der Waals surface area contributed by atoms with Crippen LogP contribution in [0.2, 0.25) is 0 Å². The maximum absolute atomic E-state index is 9.76. The van der Waals surface area contributed by atoms with Crippen molar-refractivity contribution in [2.24, 2.45) is 0 Å². The van der Waals surface area contributed by atoms with E-state index in [1.165, 1.54) is 0 Å². The van der Waals surface area contributed by atoms with Crippen LogP contribution in [0.4, 0.5) is 0 Å². The lowest BCUT2D eigenvalue weighted by atomic mass is 10.1. The van der Waals surface area contributed by atoms with Crippen LogP contribution in [0.3, 0.4) is 0 Å². The molecule has 0 amide bonds. The minimum Gasteiger partial charge on any atom is -0.394 e. The van der Waals surface area contributed by atoms with Crippen LogP contribution in [0.15, 0.2) is 0 Å². The van der Waals surface area contributed by atoms with Crippen LogP contribution in [0.5, 0.6) is 0 Å². The molecule has 0 saturated heterocycles. The first-order valence-electron chi connectivity index (χ1n) is 2.73. The molecule has 5 heteroatoms. The minimum atomic E-state index is -1.64. The molecule has 0 spiro atoms. The topological polar surface area (TPSA) is 98.0 Å². The number of aliphatic hydroxyl groups is 4. The molecule has 3 atom stereocenters. The quantitative estimate of drug-likeness (QED) is 0.326. The SMILES string of the molecule is O=C[C@@H](O)[C@H](O)C(O)CO. The summed E-state index contributed by atoms with van der Waals surface area (Å²) in [6.07, 6.45) is -4.63. The van der Waals surface area contributed by atoms with Crippen LogP contribution >= 0.6 is 0 Å². The van der Waals surface area contributed by atoms with Crippen molar-refractivity contribution in [3.8, 4) is 0 Å². The summed E-state index contributed by atoms with van der Waals surface area (Å²) in [7, 11) is 0. The zero-order valence-corrected chi connectivity index (χ0v) is 5.21. The molecule has 0 aliphatic carbocycles. The highest BCUT2D eigenvalue weighted by Gasteiger charge is 2.22. The molecule has 60 valence electrons. The van der Waals surface area contributed by atoms with Gasteiger partial charge < -0.3 is 25.2 Å². The molecule has 1 unspecified atom stereocenters. The molecule has 0 aromatic rings. The summed E-state index contributed by atoms with van der Waals surface area (Å²) in [6, 6.07) is 0. The monoisotopic (exact) mass is 150 g/mol. The van der Waals surface area contributed by atoms with Gasteiger partial charge in [-0.1, -0.05) is 0 Å². The van der Waals surface area contributed by atoms with Crippen LogP contribution in [-0.2, 0) is 4.79 Å². The van der Waals surface area contributed by atoms with E-state index in [0.29, 0.717) is 0 Å². The van der Waals surface area contributed by atoms with Gasteiger partial charge in [0.2, 0.25) is 0 Å². The zero-order valence-electron chi connectivity index (χ0n) is 5.21. The summed E-state index contributed by atoms with van der Waals surface area (Å²) in [4.78, 5) is 9.76. The number of hydrogen-bond donors (Lipinski definition) is 4. The van der Waals surface area contributed by atoms with Crippen molar-refractivity contribution in [1.29, 1.82) is 0 Å². The molecule has 5 nitrogen and oxygen atoms in total. The molecule has 0 aliphatic rings. The summed E-state index contributed by atoms with van der Waals surface area (Å²) < 4.78 is 0. The second kappa shape index (κ2) is 4.35. The van der Waals surface area contributed by atoms with Gasteiger partial charge in [0, 0.05) is 0 Å². The van der Waals surface area contributed by atoms with Crippen molar-refractivity contribution >= 4 is 6.29 Å². The Bertz CT molecular complexity index is 104. The maximum Gasteiger partial charge on any atom is 0.151 e. The van der Waals surface area contributed by atoms with Gasteiger partial charge >= 0.3 is 0 Å². The Kier molecular flexibility index (Phi) is 4.13. The lowest BCUT2D eigenvalue weighted by Crippen LogP contribution is -2.40. The van der Waals surface area contributed by atoms with E-state index in [0.717, 1.165) is 0 Å². The van der Waals surface area contributed by atoms with Crippen molar-refractivity contribution in [1.82, 2.24) is 0 Å². The van der Waals surface area contributed by atoms with E-state index in [1.807, 2.05) is 0 Å². The van der Waals surface area contributed by atoms with E-state index in [-0.39, 0.29) is 6.29 Å². The van der Waals surface area contributed by atoms with Crippen molar-refractivity contribution in [3.05, 3.63) is 0 Å². The molecular formula is C5H10O5. The molecule has 0 aromatic heterocycles. The first kappa shape index (κ1) is 9.51. The van der Waals surface area contributed by atoms with Crippen LogP contribution in [-0.4, -0.2) is 51.6 Å². The molecule has 0 radical (unpaired) electrons. The Hall–Kier alpha value is -0.490. The fraction of sp³-hybridized carbons (Fsp3) is 0.800. The van der Waals surface area contributed by atoms with Crippen LogP contribution in [0.25, 0.3) is 0 Å². The minimum absolute atomic E-state index is 0.0869. The number of hydrogen-bond acceptors (Lipinski definition) is 5. The molecular weight excluding hydrogens is 140 g/mol. The highest BCUT2D eigenvalue weighted by Crippen LogP contribution is 1.96. The van der Waals surface area contributed by atoms with Gasteiger partial charge in [0.05, 0.1) is 6.61 Å². The van der Waals surface area contributed by atoms with E-state index in [1.54, 1.807) is 0 Å². The van der Waals surface area contributed by atoms with Gasteiger partial charge in [-0.15, -0.1) is 0 Å². The molecule has 4 N–H and O–H groups in total. The Balaban J connectivity index is 3.80. The van der Waals surface area contributed by atoms with Crippen LogP contribution in [0.1, 0.15) is 0 Å².